The molecule has 1 atom stereocenters. The van der Waals surface area contributed by atoms with Gasteiger partial charge in [-0.05, 0) is 25.7 Å². The molecule has 0 fully saturated rings. The van der Waals surface area contributed by atoms with Gasteiger partial charge in [-0.3, -0.25) is 0 Å². The van der Waals surface area contributed by atoms with Crippen LogP contribution in [0.4, 0.5) is 0 Å². The van der Waals surface area contributed by atoms with Crippen molar-refractivity contribution in [2.45, 2.75) is 51.7 Å². The summed E-state index contributed by atoms with van der Waals surface area (Å²) in [7, 11) is 0. The van der Waals surface area contributed by atoms with E-state index >= 15 is 0 Å². The molecule has 22 heavy (non-hydrogen) atoms. The number of rotatable bonds is 7. The van der Waals surface area contributed by atoms with Crippen molar-refractivity contribution in [1.29, 1.82) is 0 Å². The lowest BCUT2D eigenvalue weighted by atomic mass is 9.98. The van der Waals surface area contributed by atoms with Crippen LogP contribution in [0.15, 0.2) is 0 Å². The van der Waals surface area contributed by atoms with Crippen molar-refractivity contribution in [2.75, 3.05) is 13.2 Å². The van der Waals surface area contributed by atoms with E-state index in [2.05, 4.69) is 5.32 Å². The largest absolute Gasteiger partial charge is 0.489 e. The summed E-state index contributed by atoms with van der Waals surface area (Å²) in [6.07, 6.45) is 3.33. The first-order valence-corrected chi connectivity index (χ1v) is 8.22. The number of hydrogen-bond acceptors (Lipinski definition) is 5. The van der Waals surface area contributed by atoms with Crippen LogP contribution < -0.4 is 10.1 Å². The van der Waals surface area contributed by atoms with Crippen molar-refractivity contribution in [3.8, 4) is 5.75 Å². The summed E-state index contributed by atoms with van der Waals surface area (Å²) in [6.45, 7) is 4.56. The molecule has 0 bridgehead atoms. The minimum atomic E-state index is -0.945. The van der Waals surface area contributed by atoms with Crippen LogP contribution in [0.2, 0.25) is 0 Å². The number of hydrogen-bond donors (Lipinski definition) is 3. The summed E-state index contributed by atoms with van der Waals surface area (Å²) in [5.41, 5.74) is 1.03. The lowest BCUT2D eigenvalue weighted by Gasteiger charge is -2.17. The van der Waals surface area contributed by atoms with E-state index < -0.39 is 12.1 Å². The normalized spacial score (nSPS) is 15.1. The number of carbonyl (C=O) groups is 1. The number of thiophene rings is 1. The maximum absolute atomic E-state index is 11.4. The molecule has 3 N–H and O–H groups in total. The fourth-order valence-corrected chi connectivity index (χ4v) is 3.61. The monoisotopic (exact) mass is 349 g/mol. The molecule has 0 saturated carbocycles. The molecule has 5 nitrogen and oxygen atoms in total. The summed E-state index contributed by atoms with van der Waals surface area (Å²) in [5, 5.41) is 22.3. The van der Waals surface area contributed by atoms with E-state index in [1.165, 1.54) is 11.3 Å². The molecule has 0 saturated heterocycles. The number of aliphatic hydroxyl groups is 1. The Morgan fingerprint density at radius 1 is 1.36 bits per heavy atom. The topological polar surface area (TPSA) is 78.8 Å². The van der Waals surface area contributed by atoms with E-state index in [1.54, 1.807) is 0 Å². The number of carboxylic acids is 1. The third kappa shape index (κ3) is 4.84. The predicted octanol–water partition coefficient (Wildman–Crippen LogP) is 2.48. The van der Waals surface area contributed by atoms with Gasteiger partial charge in [-0.2, -0.15) is 0 Å². The summed E-state index contributed by atoms with van der Waals surface area (Å²) in [6, 6.07) is 0.295. The number of fused-ring (bicyclic) bond motifs is 1. The van der Waals surface area contributed by atoms with Gasteiger partial charge < -0.3 is 20.3 Å². The zero-order valence-electron chi connectivity index (χ0n) is 12.9. The third-order valence-electron chi connectivity index (χ3n) is 3.50. The highest BCUT2D eigenvalue weighted by atomic mass is 35.5. The molecule has 0 radical (unpaired) electrons. The summed E-state index contributed by atoms with van der Waals surface area (Å²) >= 11 is 1.32. The average Bonchev–Trinajstić information content (AvgIpc) is 2.82. The number of ether oxygens (including phenoxy) is 1. The highest BCUT2D eigenvalue weighted by Crippen LogP contribution is 2.40. The molecule has 0 aliphatic heterocycles. The van der Waals surface area contributed by atoms with E-state index in [0.717, 1.165) is 36.1 Å². The first kappa shape index (κ1) is 19.2. The average molecular weight is 350 g/mol. The van der Waals surface area contributed by atoms with E-state index in [0.29, 0.717) is 18.3 Å². The van der Waals surface area contributed by atoms with Gasteiger partial charge in [0.2, 0.25) is 0 Å². The van der Waals surface area contributed by atoms with Gasteiger partial charge in [0.25, 0.3) is 0 Å². The Morgan fingerprint density at radius 3 is 2.68 bits per heavy atom. The fourth-order valence-electron chi connectivity index (χ4n) is 2.44. The van der Waals surface area contributed by atoms with Gasteiger partial charge in [-0.25, -0.2) is 4.79 Å². The molecule has 1 aliphatic carbocycles. The fraction of sp³-hybridized carbons (Fsp3) is 0.667. The van der Waals surface area contributed by atoms with E-state index in [9.17, 15) is 15.0 Å². The maximum atomic E-state index is 11.4. The first-order valence-electron chi connectivity index (χ1n) is 7.41. The first-order chi connectivity index (χ1) is 9.99. The second-order valence-corrected chi connectivity index (χ2v) is 6.81. The van der Waals surface area contributed by atoms with Crippen molar-refractivity contribution >= 4 is 29.7 Å². The van der Waals surface area contributed by atoms with Crippen LogP contribution in [0.3, 0.4) is 0 Å². The van der Waals surface area contributed by atoms with E-state index in [4.69, 9.17) is 4.74 Å². The Balaban J connectivity index is 0.00000242. The smallest absolute Gasteiger partial charge is 0.349 e. The molecule has 1 unspecified atom stereocenters. The van der Waals surface area contributed by atoms with E-state index in [1.807, 2.05) is 13.8 Å². The van der Waals surface area contributed by atoms with Gasteiger partial charge in [0.15, 0.2) is 4.88 Å². The lowest BCUT2D eigenvalue weighted by molar-refractivity contribution is 0.0688. The number of nitrogens with one attached hydrogen (secondary N) is 1. The number of carboxylic acid groups (broad SMARTS) is 1. The van der Waals surface area contributed by atoms with Crippen LogP contribution in [0.1, 0.15) is 46.8 Å². The Labute approximate surface area is 141 Å². The maximum Gasteiger partial charge on any atom is 0.349 e. The Morgan fingerprint density at radius 2 is 2.05 bits per heavy atom. The number of aromatic carboxylic acids is 1. The zero-order valence-corrected chi connectivity index (χ0v) is 14.6. The Bertz CT molecular complexity index is 504. The van der Waals surface area contributed by atoms with Gasteiger partial charge in [0, 0.05) is 23.0 Å². The molecular formula is C15H24ClNO4S. The van der Waals surface area contributed by atoms with Crippen LogP contribution in [-0.2, 0) is 12.8 Å². The van der Waals surface area contributed by atoms with Crippen molar-refractivity contribution < 1.29 is 19.7 Å². The highest BCUT2D eigenvalue weighted by molar-refractivity contribution is 7.14. The highest BCUT2D eigenvalue weighted by Gasteiger charge is 2.26. The molecule has 0 spiro atoms. The molecule has 0 aromatic carbocycles. The van der Waals surface area contributed by atoms with Gasteiger partial charge in [-0.15, -0.1) is 23.7 Å². The second kappa shape index (κ2) is 8.72. The minimum absolute atomic E-state index is 0. The molecule has 2 rings (SSSR count). The summed E-state index contributed by atoms with van der Waals surface area (Å²) in [4.78, 5) is 12.8. The molecule has 126 valence electrons. The predicted molar refractivity (Wildman–Crippen MR) is 89.8 cm³/mol. The minimum Gasteiger partial charge on any atom is -0.489 e. The van der Waals surface area contributed by atoms with Gasteiger partial charge >= 0.3 is 5.97 Å². The van der Waals surface area contributed by atoms with Crippen LogP contribution >= 0.6 is 23.7 Å². The van der Waals surface area contributed by atoms with Gasteiger partial charge in [-0.1, -0.05) is 13.8 Å². The Kier molecular flexibility index (Phi) is 7.62. The number of halogens is 1. The van der Waals surface area contributed by atoms with E-state index in [-0.39, 0.29) is 23.9 Å². The number of aryl methyl sites for hydroxylation is 1. The zero-order chi connectivity index (χ0) is 15.4. The summed E-state index contributed by atoms with van der Waals surface area (Å²) in [5.74, 6) is -0.468. The lowest BCUT2D eigenvalue weighted by Crippen LogP contribution is -2.35. The van der Waals surface area contributed by atoms with Crippen LogP contribution in [0.5, 0.6) is 5.75 Å². The van der Waals surface area contributed by atoms with Crippen LogP contribution in [0, 0.1) is 0 Å². The van der Waals surface area contributed by atoms with Crippen molar-refractivity contribution in [1.82, 2.24) is 5.32 Å². The standard InChI is InChI=1S/C15H23NO4S.ClH/c1-9(2)16-7-10(17)8-20-13-11-5-3-4-6-12(11)21-14(13)15(18)19;/h9-10,16-17H,3-8H2,1-2H3,(H,18,19);1H. The molecule has 1 heterocycles. The number of aliphatic hydroxyl groups excluding tert-OH is 1. The molecular weight excluding hydrogens is 326 g/mol. The summed E-state index contributed by atoms with van der Waals surface area (Å²) < 4.78 is 5.67. The molecule has 0 amide bonds. The molecule has 1 aromatic rings. The van der Waals surface area contributed by atoms with Crippen LogP contribution in [-0.4, -0.2) is 41.5 Å². The molecule has 1 aromatic heterocycles. The van der Waals surface area contributed by atoms with Crippen molar-refractivity contribution in [3.05, 3.63) is 15.3 Å². The van der Waals surface area contributed by atoms with Gasteiger partial charge in [0.1, 0.15) is 18.5 Å². The van der Waals surface area contributed by atoms with Gasteiger partial charge in [0.05, 0.1) is 0 Å². The SMILES string of the molecule is CC(C)NCC(O)COc1c(C(=O)O)sc2c1CCCC2.Cl. The van der Waals surface area contributed by atoms with Crippen molar-refractivity contribution in [3.63, 3.8) is 0 Å². The Hall–Kier alpha value is -0.820. The quantitative estimate of drug-likeness (QED) is 0.704. The third-order valence-corrected chi connectivity index (χ3v) is 4.76. The molecule has 1 aliphatic rings. The second-order valence-electron chi connectivity index (χ2n) is 5.70. The molecule has 7 heteroatoms. The van der Waals surface area contributed by atoms with Crippen molar-refractivity contribution in [2.24, 2.45) is 0 Å². The van der Waals surface area contributed by atoms with Crippen LogP contribution in [0.25, 0.3) is 0 Å².